The van der Waals surface area contributed by atoms with Crippen molar-refractivity contribution in [2.45, 2.75) is 51.1 Å². The molecule has 1 aromatic rings. The van der Waals surface area contributed by atoms with E-state index in [2.05, 4.69) is 9.62 Å². The SMILES string of the molecule is CCC(=O)N1CCN(C[C@@H]2CCCN2C(=O)CN2CCC[C@H](NS(=O)(=O)/C=C/c3ccc(Cl)s3)C2=O)CC1. The molecule has 3 fully saturated rings. The third kappa shape index (κ3) is 7.56. The summed E-state index contributed by atoms with van der Waals surface area (Å²) in [6.07, 6.45) is 4.80. The van der Waals surface area contributed by atoms with Gasteiger partial charge in [-0.25, -0.2) is 8.42 Å². The van der Waals surface area contributed by atoms with Crippen LogP contribution in [-0.4, -0.2) is 110 Å². The Labute approximate surface area is 233 Å². The highest BCUT2D eigenvalue weighted by atomic mass is 35.5. The lowest BCUT2D eigenvalue weighted by molar-refractivity contribution is -0.143. The van der Waals surface area contributed by atoms with Crippen molar-refractivity contribution in [3.63, 3.8) is 0 Å². The van der Waals surface area contributed by atoms with Gasteiger partial charge in [-0.1, -0.05) is 18.5 Å². The van der Waals surface area contributed by atoms with Gasteiger partial charge in [-0.15, -0.1) is 11.3 Å². The molecule has 4 rings (SSSR count). The third-order valence-corrected chi connectivity index (χ3v) is 9.67. The van der Waals surface area contributed by atoms with Crippen molar-refractivity contribution in [1.82, 2.24) is 24.3 Å². The maximum atomic E-state index is 13.2. The van der Waals surface area contributed by atoms with Crippen LogP contribution in [-0.2, 0) is 24.4 Å². The number of carbonyl (C=O) groups is 3. The fourth-order valence-electron chi connectivity index (χ4n) is 5.33. The molecule has 1 N–H and O–H groups in total. The Balaban J connectivity index is 1.29. The first-order chi connectivity index (χ1) is 18.1. The minimum Gasteiger partial charge on any atom is -0.340 e. The highest BCUT2D eigenvalue weighted by molar-refractivity contribution is 7.92. The van der Waals surface area contributed by atoms with Crippen molar-refractivity contribution in [2.24, 2.45) is 0 Å². The molecule has 4 heterocycles. The molecule has 0 aliphatic carbocycles. The number of thiophene rings is 1. The smallest absolute Gasteiger partial charge is 0.242 e. The minimum absolute atomic E-state index is 0.0458. The predicted octanol–water partition coefficient (Wildman–Crippen LogP) is 1.83. The van der Waals surface area contributed by atoms with Gasteiger partial charge in [0, 0.05) is 68.6 Å². The maximum absolute atomic E-state index is 13.2. The molecule has 0 saturated carbocycles. The Bertz CT molecular complexity index is 1150. The Morgan fingerprint density at radius 1 is 1.08 bits per heavy atom. The molecule has 1 aromatic heterocycles. The van der Waals surface area contributed by atoms with Crippen LogP contribution < -0.4 is 4.72 Å². The van der Waals surface area contributed by atoms with E-state index >= 15 is 0 Å². The molecule has 0 unspecified atom stereocenters. The molecule has 13 heteroatoms. The molecule has 38 heavy (non-hydrogen) atoms. The molecular formula is C25H36ClN5O5S2. The Hall–Kier alpha value is -1.99. The largest absolute Gasteiger partial charge is 0.340 e. The number of halogens is 1. The van der Waals surface area contributed by atoms with E-state index < -0.39 is 16.1 Å². The number of piperazine rings is 1. The van der Waals surface area contributed by atoms with Crippen LogP contribution in [0.25, 0.3) is 6.08 Å². The molecule has 3 amide bonds. The van der Waals surface area contributed by atoms with E-state index in [1.165, 1.54) is 22.3 Å². The zero-order valence-electron chi connectivity index (χ0n) is 21.7. The number of nitrogens with zero attached hydrogens (tertiary/aromatic N) is 4. The number of amides is 3. The second-order valence-electron chi connectivity index (χ2n) is 9.98. The molecule has 0 bridgehead atoms. The summed E-state index contributed by atoms with van der Waals surface area (Å²) in [6.45, 7) is 6.70. The number of sulfonamides is 1. The molecule has 10 nitrogen and oxygen atoms in total. The third-order valence-electron chi connectivity index (χ3n) is 7.36. The van der Waals surface area contributed by atoms with Gasteiger partial charge >= 0.3 is 0 Å². The second kappa shape index (κ2) is 12.9. The summed E-state index contributed by atoms with van der Waals surface area (Å²) in [6, 6.07) is 2.60. The van der Waals surface area contributed by atoms with Crippen LogP contribution in [0.4, 0.5) is 0 Å². The van der Waals surface area contributed by atoms with E-state index in [1.807, 2.05) is 16.7 Å². The summed E-state index contributed by atoms with van der Waals surface area (Å²) >= 11 is 7.15. The van der Waals surface area contributed by atoms with Gasteiger partial charge in [-0.2, -0.15) is 4.72 Å². The van der Waals surface area contributed by atoms with E-state index in [9.17, 15) is 22.8 Å². The molecule has 0 aromatic carbocycles. The summed E-state index contributed by atoms with van der Waals surface area (Å²) in [5, 5.41) is 1.04. The topological polar surface area (TPSA) is 110 Å². The highest BCUT2D eigenvalue weighted by Gasteiger charge is 2.36. The zero-order chi connectivity index (χ0) is 27.3. The van der Waals surface area contributed by atoms with Gasteiger partial charge in [0.15, 0.2) is 0 Å². The van der Waals surface area contributed by atoms with Gasteiger partial charge in [0.25, 0.3) is 0 Å². The van der Waals surface area contributed by atoms with Crippen molar-refractivity contribution in [1.29, 1.82) is 0 Å². The van der Waals surface area contributed by atoms with E-state index in [-0.39, 0.29) is 30.3 Å². The number of hydrogen-bond donors (Lipinski definition) is 1. The van der Waals surface area contributed by atoms with Crippen LogP contribution in [0.3, 0.4) is 0 Å². The molecule has 3 saturated heterocycles. The molecule has 3 aliphatic rings. The van der Waals surface area contributed by atoms with Crippen LogP contribution in [0.2, 0.25) is 4.34 Å². The fraction of sp³-hybridized carbons (Fsp3) is 0.640. The van der Waals surface area contributed by atoms with Crippen LogP contribution in [0.15, 0.2) is 17.5 Å². The molecule has 3 aliphatic heterocycles. The average Bonchev–Trinajstić information content (AvgIpc) is 3.54. The van der Waals surface area contributed by atoms with Crippen molar-refractivity contribution < 1.29 is 22.8 Å². The normalized spacial score (nSPS) is 23.5. The Morgan fingerprint density at radius 2 is 1.82 bits per heavy atom. The van der Waals surface area contributed by atoms with Crippen molar-refractivity contribution >= 4 is 56.8 Å². The summed E-state index contributed by atoms with van der Waals surface area (Å²) in [7, 11) is -3.85. The van der Waals surface area contributed by atoms with Crippen LogP contribution in [0.5, 0.6) is 0 Å². The van der Waals surface area contributed by atoms with Crippen molar-refractivity contribution in [3.8, 4) is 0 Å². The van der Waals surface area contributed by atoms with Crippen molar-refractivity contribution in [2.75, 3.05) is 52.4 Å². The quantitative estimate of drug-likeness (QED) is 0.473. The lowest BCUT2D eigenvalue weighted by Crippen LogP contribution is -2.56. The summed E-state index contributed by atoms with van der Waals surface area (Å²) in [5.41, 5.74) is 0. The van der Waals surface area contributed by atoms with Crippen LogP contribution in [0.1, 0.15) is 43.9 Å². The van der Waals surface area contributed by atoms with Gasteiger partial charge in [-0.3, -0.25) is 19.3 Å². The van der Waals surface area contributed by atoms with Gasteiger partial charge < -0.3 is 14.7 Å². The molecular weight excluding hydrogens is 550 g/mol. The molecule has 0 radical (unpaired) electrons. The van der Waals surface area contributed by atoms with E-state index in [0.29, 0.717) is 54.7 Å². The maximum Gasteiger partial charge on any atom is 0.242 e. The summed E-state index contributed by atoms with van der Waals surface area (Å²) in [5.74, 6) is -0.288. The fourth-order valence-corrected chi connectivity index (χ4v) is 7.40. The van der Waals surface area contributed by atoms with Gasteiger partial charge in [-0.05, 0) is 43.9 Å². The van der Waals surface area contributed by atoms with Gasteiger partial charge in [0.05, 0.1) is 10.9 Å². The predicted molar refractivity (Wildman–Crippen MR) is 148 cm³/mol. The summed E-state index contributed by atoms with van der Waals surface area (Å²) < 4.78 is 28.2. The van der Waals surface area contributed by atoms with Crippen LogP contribution >= 0.6 is 22.9 Å². The zero-order valence-corrected chi connectivity index (χ0v) is 24.1. The Kier molecular flexibility index (Phi) is 9.85. The monoisotopic (exact) mass is 585 g/mol. The standard InChI is InChI=1S/C25H36ClN5O5S2/c1-2-23(32)29-14-12-28(13-15-29)17-19-5-3-11-31(19)24(33)18-30-10-4-6-21(25(30)34)27-38(35,36)16-9-20-7-8-22(26)37-20/h7-9,16,19,21,27H,2-6,10-15,17-18H2,1H3/b16-9+/t19-,21-/m0/s1. The van der Waals surface area contributed by atoms with Gasteiger partial charge in [0.1, 0.15) is 6.04 Å². The first-order valence-electron chi connectivity index (χ1n) is 13.2. The van der Waals surface area contributed by atoms with Crippen LogP contribution in [0, 0.1) is 0 Å². The van der Waals surface area contributed by atoms with E-state index in [1.54, 1.807) is 12.1 Å². The Morgan fingerprint density at radius 3 is 2.50 bits per heavy atom. The second-order valence-corrected chi connectivity index (χ2v) is 13.3. The summed E-state index contributed by atoms with van der Waals surface area (Å²) in [4.78, 5) is 46.5. The minimum atomic E-state index is -3.85. The lowest BCUT2D eigenvalue weighted by atomic mass is 10.1. The number of piperidine rings is 1. The lowest BCUT2D eigenvalue weighted by Gasteiger charge is -2.38. The van der Waals surface area contributed by atoms with Gasteiger partial charge in [0.2, 0.25) is 27.7 Å². The molecule has 210 valence electrons. The number of likely N-dealkylation sites (tertiary alicyclic amines) is 2. The first kappa shape index (κ1) is 29.0. The average molecular weight is 586 g/mol. The number of nitrogens with one attached hydrogen (secondary N) is 1. The molecule has 2 atom stereocenters. The van der Waals surface area contributed by atoms with Crippen molar-refractivity contribution in [3.05, 3.63) is 26.8 Å². The first-order valence-corrected chi connectivity index (χ1v) is 15.9. The number of hydrogen-bond acceptors (Lipinski definition) is 7. The highest BCUT2D eigenvalue weighted by Crippen LogP contribution is 2.23. The molecule has 0 spiro atoms. The van der Waals surface area contributed by atoms with E-state index in [0.717, 1.165) is 37.9 Å². The van der Waals surface area contributed by atoms with E-state index in [4.69, 9.17) is 11.6 Å². The number of carbonyl (C=O) groups excluding carboxylic acids is 3. The number of rotatable bonds is 9.